The average Bonchev–Trinajstić information content (AvgIpc) is 3.28. The van der Waals surface area contributed by atoms with E-state index in [1.807, 2.05) is 0 Å². The molecule has 0 spiro atoms. The van der Waals surface area contributed by atoms with Crippen molar-refractivity contribution in [2.45, 2.75) is 19.5 Å². The number of alkyl halides is 2. The van der Waals surface area contributed by atoms with Crippen LogP contribution in [0.3, 0.4) is 0 Å². The molecule has 21 heavy (non-hydrogen) atoms. The number of methoxy groups -OCH3 is 1. The number of hydrazine groups is 1. The number of hydrogen-bond donors (Lipinski definition) is 2. The molecule has 2 N–H and O–H groups in total. The second kappa shape index (κ2) is 6.38. The summed E-state index contributed by atoms with van der Waals surface area (Å²) in [7, 11) is 1.27. The third-order valence-electron chi connectivity index (χ3n) is 2.89. The maximum absolute atomic E-state index is 12.2. The van der Waals surface area contributed by atoms with Crippen LogP contribution in [0.25, 0.3) is 0 Å². The van der Waals surface area contributed by atoms with E-state index in [4.69, 9.17) is 4.74 Å². The van der Waals surface area contributed by atoms with Gasteiger partial charge in [0.1, 0.15) is 0 Å². The molecule has 8 heteroatoms. The highest BCUT2D eigenvalue weighted by molar-refractivity contribution is 5.96. The van der Waals surface area contributed by atoms with E-state index in [2.05, 4.69) is 15.6 Å². The molecule has 0 atom stereocenters. The molecular formula is C13H14F2N2O4. The number of benzene rings is 1. The molecule has 114 valence electrons. The van der Waals surface area contributed by atoms with E-state index < -0.39 is 12.5 Å². The molecule has 1 aromatic rings. The van der Waals surface area contributed by atoms with Gasteiger partial charge in [0, 0.05) is 11.5 Å². The van der Waals surface area contributed by atoms with Crippen LogP contribution < -0.4 is 20.3 Å². The summed E-state index contributed by atoms with van der Waals surface area (Å²) in [5.41, 5.74) is 4.69. The smallest absolute Gasteiger partial charge is 0.387 e. The van der Waals surface area contributed by atoms with Gasteiger partial charge in [-0.2, -0.15) is 8.78 Å². The molecule has 1 aromatic carbocycles. The Morgan fingerprint density at radius 1 is 1.24 bits per heavy atom. The van der Waals surface area contributed by atoms with Gasteiger partial charge in [-0.3, -0.25) is 20.4 Å². The molecule has 0 bridgehead atoms. The number of hydrogen-bond acceptors (Lipinski definition) is 4. The van der Waals surface area contributed by atoms with Crippen molar-refractivity contribution in [1.82, 2.24) is 10.9 Å². The fourth-order valence-corrected chi connectivity index (χ4v) is 1.64. The van der Waals surface area contributed by atoms with Gasteiger partial charge in [-0.1, -0.05) is 0 Å². The summed E-state index contributed by atoms with van der Waals surface area (Å²) >= 11 is 0. The monoisotopic (exact) mass is 300 g/mol. The Morgan fingerprint density at radius 2 is 1.95 bits per heavy atom. The summed E-state index contributed by atoms with van der Waals surface area (Å²) in [5, 5.41) is 0. The van der Waals surface area contributed by atoms with Crippen molar-refractivity contribution >= 4 is 11.8 Å². The van der Waals surface area contributed by atoms with E-state index in [-0.39, 0.29) is 28.9 Å². The molecular weight excluding hydrogens is 286 g/mol. The molecule has 0 saturated heterocycles. The molecule has 1 saturated carbocycles. The van der Waals surface area contributed by atoms with E-state index in [0.717, 1.165) is 12.8 Å². The summed E-state index contributed by atoms with van der Waals surface area (Å²) < 4.78 is 33.5. The number of rotatable bonds is 5. The zero-order chi connectivity index (χ0) is 15.4. The van der Waals surface area contributed by atoms with E-state index >= 15 is 0 Å². The molecule has 2 rings (SSSR count). The van der Waals surface area contributed by atoms with E-state index in [0.29, 0.717) is 0 Å². The minimum absolute atomic E-state index is 0.00327. The number of halogens is 2. The number of ether oxygens (including phenoxy) is 2. The largest absolute Gasteiger partial charge is 0.493 e. The van der Waals surface area contributed by atoms with Gasteiger partial charge in [-0.25, -0.2) is 0 Å². The van der Waals surface area contributed by atoms with Crippen LogP contribution in [0.4, 0.5) is 8.78 Å². The molecule has 1 aliphatic rings. The van der Waals surface area contributed by atoms with Crippen LogP contribution in [0, 0.1) is 5.92 Å². The minimum atomic E-state index is -2.99. The van der Waals surface area contributed by atoms with Crippen molar-refractivity contribution in [3.63, 3.8) is 0 Å². The van der Waals surface area contributed by atoms with Crippen molar-refractivity contribution in [3.8, 4) is 11.5 Å². The molecule has 1 aliphatic carbocycles. The first-order chi connectivity index (χ1) is 10.0. The predicted molar refractivity (Wildman–Crippen MR) is 68.0 cm³/mol. The lowest BCUT2D eigenvalue weighted by Crippen LogP contribution is -2.42. The first kappa shape index (κ1) is 15.0. The van der Waals surface area contributed by atoms with Crippen LogP contribution in [-0.4, -0.2) is 25.5 Å². The number of carbonyl (C=O) groups excluding carboxylic acids is 2. The molecule has 0 aliphatic heterocycles. The van der Waals surface area contributed by atoms with Crippen molar-refractivity contribution < 1.29 is 27.8 Å². The van der Waals surface area contributed by atoms with Crippen LogP contribution in [0.2, 0.25) is 0 Å². The Balaban J connectivity index is 2.01. The van der Waals surface area contributed by atoms with Crippen LogP contribution in [0.15, 0.2) is 18.2 Å². The van der Waals surface area contributed by atoms with Crippen LogP contribution >= 0.6 is 0 Å². The van der Waals surface area contributed by atoms with E-state index in [9.17, 15) is 18.4 Å². The Labute approximate surface area is 119 Å². The van der Waals surface area contributed by atoms with Gasteiger partial charge in [0.15, 0.2) is 11.5 Å². The Bertz CT molecular complexity index is 547. The summed E-state index contributed by atoms with van der Waals surface area (Å²) in [6, 6.07) is 3.73. The van der Waals surface area contributed by atoms with Crippen molar-refractivity contribution in [2.75, 3.05) is 7.11 Å². The molecule has 0 radical (unpaired) electrons. The number of carbonyl (C=O) groups is 2. The lowest BCUT2D eigenvalue weighted by molar-refractivity contribution is -0.123. The third kappa shape index (κ3) is 4.04. The minimum Gasteiger partial charge on any atom is -0.493 e. The van der Waals surface area contributed by atoms with Crippen molar-refractivity contribution in [3.05, 3.63) is 23.8 Å². The van der Waals surface area contributed by atoms with Crippen LogP contribution in [0.1, 0.15) is 23.2 Å². The SMILES string of the molecule is COc1cc(C(=O)NNC(=O)C2CC2)ccc1OC(F)F. The third-order valence-corrected chi connectivity index (χ3v) is 2.89. The van der Waals surface area contributed by atoms with Gasteiger partial charge in [0.25, 0.3) is 5.91 Å². The van der Waals surface area contributed by atoms with Crippen LogP contribution in [-0.2, 0) is 4.79 Å². The van der Waals surface area contributed by atoms with E-state index in [1.165, 1.54) is 25.3 Å². The van der Waals surface area contributed by atoms with Crippen LogP contribution in [0.5, 0.6) is 11.5 Å². The van der Waals surface area contributed by atoms with Crippen molar-refractivity contribution in [2.24, 2.45) is 5.92 Å². The lowest BCUT2D eigenvalue weighted by atomic mass is 10.2. The summed E-state index contributed by atoms with van der Waals surface area (Å²) in [5.74, 6) is -1.04. The summed E-state index contributed by atoms with van der Waals surface area (Å²) in [6.07, 6.45) is 1.63. The normalized spacial score (nSPS) is 13.7. The summed E-state index contributed by atoms with van der Waals surface area (Å²) in [4.78, 5) is 23.2. The zero-order valence-corrected chi connectivity index (χ0v) is 11.2. The highest BCUT2D eigenvalue weighted by atomic mass is 19.3. The maximum atomic E-state index is 12.2. The zero-order valence-electron chi connectivity index (χ0n) is 11.2. The molecule has 0 aromatic heterocycles. The first-order valence-electron chi connectivity index (χ1n) is 6.24. The predicted octanol–water partition coefficient (Wildman–Crippen LogP) is 1.47. The van der Waals surface area contributed by atoms with Gasteiger partial charge >= 0.3 is 6.61 Å². The Morgan fingerprint density at radius 3 is 2.52 bits per heavy atom. The topological polar surface area (TPSA) is 76.7 Å². The number of nitrogens with one attached hydrogen (secondary N) is 2. The first-order valence-corrected chi connectivity index (χ1v) is 6.24. The molecule has 1 fully saturated rings. The fourth-order valence-electron chi connectivity index (χ4n) is 1.64. The average molecular weight is 300 g/mol. The Hall–Kier alpha value is -2.38. The fraction of sp³-hybridized carbons (Fsp3) is 0.385. The molecule has 6 nitrogen and oxygen atoms in total. The molecule has 2 amide bonds. The quantitative estimate of drug-likeness (QED) is 0.807. The van der Waals surface area contributed by atoms with Gasteiger partial charge in [0.2, 0.25) is 5.91 Å². The maximum Gasteiger partial charge on any atom is 0.387 e. The summed E-state index contributed by atoms with van der Waals surface area (Å²) in [6.45, 7) is -2.99. The standard InChI is InChI=1S/C13H14F2N2O4/c1-20-10-6-8(4-5-9(10)21-13(14)15)12(19)17-16-11(18)7-2-3-7/h4-7,13H,2-3H2,1H3,(H,16,18)(H,17,19). The van der Waals surface area contributed by atoms with Gasteiger partial charge < -0.3 is 9.47 Å². The van der Waals surface area contributed by atoms with Gasteiger partial charge in [0.05, 0.1) is 7.11 Å². The Kier molecular flexibility index (Phi) is 4.56. The van der Waals surface area contributed by atoms with Gasteiger partial charge in [-0.15, -0.1) is 0 Å². The van der Waals surface area contributed by atoms with Gasteiger partial charge in [-0.05, 0) is 31.0 Å². The molecule has 0 unspecified atom stereocenters. The number of amides is 2. The highest BCUT2D eigenvalue weighted by Gasteiger charge is 2.29. The highest BCUT2D eigenvalue weighted by Crippen LogP contribution is 2.30. The molecule has 0 heterocycles. The lowest BCUT2D eigenvalue weighted by Gasteiger charge is -2.11. The second-order valence-corrected chi connectivity index (χ2v) is 4.46. The van der Waals surface area contributed by atoms with Crippen molar-refractivity contribution in [1.29, 1.82) is 0 Å². The second-order valence-electron chi connectivity index (χ2n) is 4.46. The van der Waals surface area contributed by atoms with E-state index in [1.54, 1.807) is 0 Å².